The lowest BCUT2D eigenvalue weighted by molar-refractivity contribution is 0.381. The van der Waals surface area contributed by atoms with E-state index in [0.29, 0.717) is 6.04 Å². The van der Waals surface area contributed by atoms with Crippen LogP contribution in [0.1, 0.15) is 26.7 Å². The lowest BCUT2D eigenvalue weighted by Gasteiger charge is -2.21. The van der Waals surface area contributed by atoms with Crippen LogP contribution in [0.3, 0.4) is 0 Å². The van der Waals surface area contributed by atoms with E-state index in [1.54, 1.807) is 0 Å². The normalized spacial score (nSPS) is 16.4. The summed E-state index contributed by atoms with van der Waals surface area (Å²) in [5, 5.41) is 3.35. The molecule has 0 aromatic rings. The van der Waals surface area contributed by atoms with Crippen LogP contribution in [0.25, 0.3) is 0 Å². The molecule has 0 rings (SSSR count). The minimum atomic E-state index is 0.710. The monoisotopic (exact) mass is 175 g/mol. The first-order valence-electron chi connectivity index (χ1n) is 4.42. The van der Waals surface area contributed by atoms with Crippen LogP contribution >= 0.6 is 11.8 Å². The van der Waals surface area contributed by atoms with E-state index in [1.807, 2.05) is 11.8 Å². The van der Waals surface area contributed by atoms with E-state index in [1.165, 1.54) is 18.6 Å². The van der Waals surface area contributed by atoms with Gasteiger partial charge in [0.05, 0.1) is 0 Å². The molecule has 68 valence electrons. The Balaban J connectivity index is 3.51. The maximum atomic E-state index is 3.35. The SMILES string of the molecule is CCC(NC)C(C)CCSC. The van der Waals surface area contributed by atoms with Crippen molar-refractivity contribution in [2.75, 3.05) is 19.1 Å². The number of hydrogen-bond acceptors (Lipinski definition) is 2. The third kappa shape index (κ3) is 4.70. The summed E-state index contributed by atoms with van der Waals surface area (Å²) in [5.41, 5.74) is 0. The minimum absolute atomic E-state index is 0.710. The molecule has 0 aromatic heterocycles. The second-order valence-corrected chi connectivity index (χ2v) is 4.05. The van der Waals surface area contributed by atoms with Crippen molar-refractivity contribution in [3.8, 4) is 0 Å². The zero-order chi connectivity index (χ0) is 8.69. The van der Waals surface area contributed by atoms with E-state index in [-0.39, 0.29) is 0 Å². The Bertz CT molecular complexity index is 81.6. The molecule has 1 N–H and O–H groups in total. The Hall–Kier alpha value is 0.310. The van der Waals surface area contributed by atoms with Gasteiger partial charge in [-0.15, -0.1) is 0 Å². The molecule has 0 radical (unpaired) electrons. The summed E-state index contributed by atoms with van der Waals surface area (Å²) in [7, 11) is 2.06. The van der Waals surface area contributed by atoms with E-state index >= 15 is 0 Å². The average Bonchev–Trinajstić information content (AvgIpc) is 2.03. The van der Waals surface area contributed by atoms with Gasteiger partial charge in [0.25, 0.3) is 0 Å². The molecule has 0 aliphatic carbocycles. The largest absolute Gasteiger partial charge is 0.317 e. The number of rotatable bonds is 6. The van der Waals surface area contributed by atoms with Gasteiger partial charge in [-0.2, -0.15) is 11.8 Å². The van der Waals surface area contributed by atoms with Gasteiger partial charge < -0.3 is 5.32 Å². The summed E-state index contributed by atoms with van der Waals surface area (Å²) < 4.78 is 0. The van der Waals surface area contributed by atoms with Crippen LogP contribution < -0.4 is 5.32 Å². The van der Waals surface area contributed by atoms with Crippen LogP contribution in [0, 0.1) is 5.92 Å². The fourth-order valence-corrected chi connectivity index (χ4v) is 2.00. The number of thioether (sulfide) groups is 1. The molecule has 2 atom stereocenters. The standard InChI is InChI=1S/C9H21NS/c1-5-9(10-3)8(2)6-7-11-4/h8-10H,5-7H2,1-4H3. The van der Waals surface area contributed by atoms with Crippen molar-refractivity contribution in [2.45, 2.75) is 32.7 Å². The topological polar surface area (TPSA) is 12.0 Å². The maximum Gasteiger partial charge on any atom is 0.00873 e. The lowest BCUT2D eigenvalue weighted by Crippen LogP contribution is -2.31. The molecule has 2 unspecified atom stereocenters. The van der Waals surface area contributed by atoms with Crippen molar-refractivity contribution in [3.63, 3.8) is 0 Å². The molecule has 0 aliphatic heterocycles. The van der Waals surface area contributed by atoms with E-state index in [9.17, 15) is 0 Å². The summed E-state index contributed by atoms with van der Waals surface area (Å²) in [6.07, 6.45) is 4.75. The fourth-order valence-electron chi connectivity index (χ4n) is 1.40. The Labute approximate surface area is 75.3 Å². The predicted octanol–water partition coefficient (Wildman–Crippen LogP) is 2.37. The molecule has 0 aromatic carbocycles. The van der Waals surface area contributed by atoms with Crippen molar-refractivity contribution in [1.29, 1.82) is 0 Å². The molecule has 0 spiro atoms. The van der Waals surface area contributed by atoms with E-state index in [4.69, 9.17) is 0 Å². The summed E-state index contributed by atoms with van der Waals surface area (Å²) in [4.78, 5) is 0. The third-order valence-corrected chi connectivity index (χ3v) is 2.92. The van der Waals surface area contributed by atoms with Crippen LogP contribution in [-0.4, -0.2) is 25.1 Å². The smallest absolute Gasteiger partial charge is 0.00873 e. The van der Waals surface area contributed by atoms with Crippen LogP contribution in [0.2, 0.25) is 0 Å². The van der Waals surface area contributed by atoms with Gasteiger partial charge in [-0.05, 0) is 37.8 Å². The van der Waals surface area contributed by atoms with Crippen molar-refractivity contribution in [3.05, 3.63) is 0 Å². The average molecular weight is 175 g/mol. The Morgan fingerprint density at radius 2 is 2.09 bits per heavy atom. The molecule has 0 fully saturated rings. The van der Waals surface area contributed by atoms with Gasteiger partial charge in [0.1, 0.15) is 0 Å². The zero-order valence-corrected chi connectivity index (χ0v) is 9.00. The Morgan fingerprint density at radius 1 is 1.45 bits per heavy atom. The van der Waals surface area contributed by atoms with E-state index in [2.05, 4.69) is 32.5 Å². The molecule has 1 nitrogen and oxygen atoms in total. The summed E-state index contributed by atoms with van der Waals surface area (Å²) >= 11 is 1.94. The lowest BCUT2D eigenvalue weighted by atomic mass is 9.97. The highest BCUT2D eigenvalue weighted by molar-refractivity contribution is 7.98. The second-order valence-electron chi connectivity index (χ2n) is 3.06. The highest BCUT2D eigenvalue weighted by atomic mass is 32.2. The zero-order valence-electron chi connectivity index (χ0n) is 8.18. The van der Waals surface area contributed by atoms with Gasteiger partial charge in [0.15, 0.2) is 0 Å². The molecule has 11 heavy (non-hydrogen) atoms. The molecule has 0 amide bonds. The highest BCUT2D eigenvalue weighted by Crippen LogP contribution is 2.13. The van der Waals surface area contributed by atoms with Crippen molar-refractivity contribution in [2.24, 2.45) is 5.92 Å². The first-order chi connectivity index (χ1) is 5.26. The van der Waals surface area contributed by atoms with Crippen molar-refractivity contribution in [1.82, 2.24) is 5.32 Å². The number of nitrogens with one attached hydrogen (secondary N) is 1. The van der Waals surface area contributed by atoms with Gasteiger partial charge in [0.2, 0.25) is 0 Å². The summed E-state index contributed by atoms with van der Waals surface area (Å²) in [5.74, 6) is 2.11. The Kier molecular flexibility index (Phi) is 7.18. The molecular formula is C9H21NS. The molecule has 2 heteroatoms. The highest BCUT2D eigenvalue weighted by Gasteiger charge is 2.11. The van der Waals surface area contributed by atoms with E-state index < -0.39 is 0 Å². The number of hydrogen-bond donors (Lipinski definition) is 1. The predicted molar refractivity (Wildman–Crippen MR) is 55.3 cm³/mol. The van der Waals surface area contributed by atoms with Gasteiger partial charge in [0, 0.05) is 6.04 Å². The van der Waals surface area contributed by atoms with Gasteiger partial charge in [-0.25, -0.2) is 0 Å². The van der Waals surface area contributed by atoms with E-state index in [0.717, 1.165) is 5.92 Å². The molecule has 0 aliphatic rings. The van der Waals surface area contributed by atoms with Crippen molar-refractivity contribution < 1.29 is 0 Å². The maximum absolute atomic E-state index is 3.35. The summed E-state index contributed by atoms with van der Waals surface area (Å²) in [6.45, 7) is 4.58. The van der Waals surface area contributed by atoms with Crippen LogP contribution in [0.15, 0.2) is 0 Å². The first kappa shape index (κ1) is 11.3. The fraction of sp³-hybridized carbons (Fsp3) is 1.00. The molecule has 0 bridgehead atoms. The molecule has 0 saturated heterocycles. The quantitative estimate of drug-likeness (QED) is 0.665. The second kappa shape index (κ2) is 6.99. The van der Waals surface area contributed by atoms with Crippen LogP contribution in [-0.2, 0) is 0 Å². The first-order valence-corrected chi connectivity index (χ1v) is 5.81. The Morgan fingerprint density at radius 3 is 2.45 bits per heavy atom. The molecule has 0 heterocycles. The molecule has 0 saturated carbocycles. The van der Waals surface area contributed by atoms with Gasteiger partial charge in [-0.1, -0.05) is 13.8 Å². The van der Waals surface area contributed by atoms with Gasteiger partial charge in [-0.3, -0.25) is 0 Å². The van der Waals surface area contributed by atoms with Crippen LogP contribution in [0.4, 0.5) is 0 Å². The van der Waals surface area contributed by atoms with Crippen LogP contribution in [0.5, 0.6) is 0 Å². The van der Waals surface area contributed by atoms with Gasteiger partial charge >= 0.3 is 0 Å². The summed E-state index contributed by atoms with van der Waals surface area (Å²) in [6, 6.07) is 0.710. The molecular weight excluding hydrogens is 154 g/mol. The van der Waals surface area contributed by atoms with Crippen molar-refractivity contribution >= 4 is 11.8 Å². The minimum Gasteiger partial charge on any atom is -0.317 e. The third-order valence-electron chi connectivity index (χ3n) is 2.27.